The minimum atomic E-state index is 0.766. The third-order valence-corrected chi connectivity index (χ3v) is 2.78. The molecule has 0 bridgehead atoms. The third kappa shape index (κ3) is 1.24. The van der Waals surface area contributed by atoms with Crippen molar-refractivity contribution in [3.05, 3.63) is 12.2 Å². The highest BCUT2D eigenvalue weighted by atomic mass is 15.3. The second-order valence-electron chi connectivity index (χ2n) is 3.90. The van der Waals surface area contributed by atoms with Gasteiger partial charge < -0.3 is 0 Å². The molecule has 3 nitrogen and oxygen atoms in total. The topological polar surface area (TPSA) is 30.7 Å². The Labute approximate surface area is 72.8 Å². The van der Waals surface area contributed by atoms with Crippen molar-refractivity contribution in [2.75, 3.05) is 0 Å². The van der Waals surface area contributed by atoms with Gasteiger partial charge in [0.05, 0.1) is 0 Å². The Morgan fingerprint density at radius 1 is 1.58 bits per heavy atom. The van der Waals surface area contributed by atoms with Crippen LogP contribution in [-0.2, 0) is 13.0 Å². The molecule has 1 aromatic heterocycles. The summed E-state index contributed by atoms with van der Waals surface area (Å²) in [5.41, 5.74) is 0. The summed E-state index contributed by atoms with van der Waals surface area (Å²) in [5.74, 6) is 2.72. The van der Waals surface area contributed by atoms with E-state index >= 15 is 0 Å². The van der Waals surface area contributed by atoms with Gasteiger partial charge in [-0.2, -0.15) is 5.10 Å². The SMILES string of the molecule is CC(C)C1CCc2ncnn2C1. The van der Waals surface area contributed by atoms with Crippen molar-refractivity contribution >= 4 is 0 Å². The summed E-state index contributed by atoms with van der Waals surface area (Å²) in [5, 5.41) is 4.19. The summed E-state index contributed by atoms with van der Waals surface area (Å²) in [4.78, 5) is 4.20. The van der Waals surface area contributed by atoms with Crippen LogP contribution in [-0.4, -0.2) is 14.8 Å². The smallest absolute Gasteiger partial charge is 0.138 e. The second kappa shape index (κ2) is 2.88. The second-order valence-corrected chi connectivity index (χ2v) is 3.90. The number of nitrogens with zero attached hydrogens (tertiary/aromatic N) is 3. The summed E-state index contributed by atoms with van der Waals surface area (Å²) >= 11 is 0. The quantitative estimate of drug-likeness (QED) is 0.631. The van der Waals surface area contributed by atoms with E-state index in [1.54, 1.807) is 6.33 Å². The monoisotopic (exact) mass is 165 g/mol. The molecular formula is C9H15N3. The van der Waals surface area contributed by atoms with E-state index in [-0.39, 0.29) is 0 Å². The Morgan fingerprint density at radius 3 is 3.17 bits per heavy atom. The van der Waals surface area contributed by atoms with Crippen molar-refractivity contribution in [1.29, 1.82) is 0 Å². The number of aryl methyl sites for hydroxylation is 1. The first-order valence-electron chi connectivity index (χ1n) is 4.64. The van der Waals surface area contributed by atoms with Gasteiger partial charge in [-0.15, -0.1) is 0 Å². The van der Waals surface area contributed by atoms with Crippen LogP contribution in [0.4, 0.5) is 0 Å². The number of rotatable bonds is 1. The van der Waals surface area contributed by atoms with Crippen LogP contribution in [0.5, 0.6) is 0 Å². The van der Waals surface area contributed by atoms with Gasteiger partial charge in [0.15, 0.2) is 0 Å². The predicted molar refractivity (Wildman–Crippen MR) is 46.7 cm³/mol. The standard InChI is InChI=1S/C9H15N3/c1-7(2)8-3-4-9-10-6-11-12(9)5-8/h6-8H,3-5H2,1-2H3. The van der Waals surface area contributed by atoms with Gasteiger partial charge in [-0.1, -0.05) is 13.8 Å². The lowest BCUT2D eigenvalue weighted by Gasteiger charge is -2.25. The molecule has 1 aromatic rings. The minimum Gasteiger partial charge on any atom is -0.250 e. The van der Waals surface area contributed by atoms with E-state index in [0.29, 0.717) is 0 Å². The molecule has 0 fully saturated rings. The first-order valence-corrected chi connectivity index (χ1v) is 4.64. The fourth-order valence-corrected chi connectivity index (χ4v) is 1.81. The fraction of sp³-hybridized carbons (Fsp3) is 0.778. The maximum atomic E-state index is 4.20. The Hall–Kier alpha value is -0.860. The summed E-state index contributed by atoms with van der Waals surface area (Å²) in [7, 11) is 0. The zero-order valence-corrected chi connectivity index (χ0v) is 7.70. The van der Waals surface area contributed by atoms with E-state index in [1.807, 2.05) is 4.68 Å². The Kier molecular flexibility index (Phi) is 1.87. The number of hydrogen-bond acceptors (Lipinski definition) is 2. The maximum Gasteiger partial charge on any atom is 0.138 e. The molecule has 1 aliphatic rings. The Bertz CT molecular complexity index is 264. The van der Waals surface area contributed by atoms with Crippen molar-refractivity contribution < 1.29 is 0 Å². The van der Waals surface area contributed by atoms with Crippen LogP contribution in [0.15, 0.2) is 6.33 Å². The Morgan fingerprint density at radius 2 is 2.42 bits per heavy atom. The first kappa shape index (κ1) is 7.77. The van der Waals surface area contributed by atoms with E-state index < -0.39 is 0 Å². The molecule has 0 amide bonds. The molecule has 12 heavy (non-hydrogen) atoms. The molecule has 3 heteroatoms. The van der Waals surface area contributed by atoms with Gasteiger partial charge in [0.1, 0.15) is 12.2 Å². The van der Waals surface area contributed by atoms with Gasteiger partial charge in [0, 0.05) is 13.0 Å². The number of fused-ring (bicyclic) bond motifs is 1. The molecule has 0 spiro atoms. The maximum absolute atomic E-state index is 4.20. The van der Waals surface area contributed by atoms with Crippen LogP contribution in [0, 0.1) is 11.8 Å². The molecule has 0 radical (unpaired) electrons. The third-order valence-electron chi connectivity index (χ3n) is 2.78. The largest absolute Gasteiger partial charge is 0.250 e. The van der Waals surface area contributed by atoms with Crippen molar-refractivity contribution in [1.82, 2.24) is 14.8 Å². The average molecular weight is 165 g/mol. The minimum absolute atomic E-state index is 0.766. The molecule has 0 N–H and O–H groups in total. The molecule has 66 valence electrons. The predicted octanol–water partition coefficient (Wildman–Crippen LogP) is 1.50. The van der Waals surface area contributed by atoms with Crippen molar-refractivity contribution in [3.8, 4) is 0 Å². The Balaban J connectivity index is 2.15. The van der Waals surface area contributed by atoms with Crippen LogP contribution in [0.1, 0.15) is 26.1 Å². The molecule has 1 unspecified atom stereocenters. The molecule has 0 saturated carbocycles. The lowest BCUT2D eigenvalue weighted by atomic mass is 9.89. The molecule has 2 heterocycles. The van der Waals surface area contributed by atoms with E-state index in [9.17, 15) is 0 Å². The van der Waals surface area contributed by atoms with Crippen molar-refractivity contribution in [3.63, 3.8) is 0 Å². The van der Waals surface area contributed by atoms with Gasteiger partial charge in [-0.25, -0.2) is 9.67 Å². The molecule has 1 atom stereocenters. The van der Waals surface area contributed by atoms with E-state index in [2.05, 4.69) is 23.9 Å². The average Bonchev–Trinajstić information content (AvgIpc) is 2.49. The highest BCUT2D eigenvalue weighted by molar-refractivity contribution is 4.90. The molecular weight excluding hydrogens is 150 g/mol. The van der Waals surface area contributed by atoms with Crippen molar-refractivity contribution in [2.45, 2.75) is 33.2 Å². The van der Waals surface area contributed by atoms with E-state index in [0.717, 1.165) is 30.6 Å². The molecule has 0 aromatic carbocycles. The molecule has 1 aliphatic heterocycles. The highest BCUT2D eigenvalue weighted by Gasteiger charge is 2.21. The molecule has 0 aliphatic carbocycles. The fourth-order valence-electron chi connectivity index (χ4n) is 1.81. The number of aromatic nitrogens is 3. The zero-order chi connectivity index (χ0) is 8.55. The van der Waals surface area contributed by atoms with Gasteiger partial charge in [0.25, 0.3) is 0 Å². The van der Waals surface area contributed by atoms with Crippen LogP contribution in [0.3, 0.4) is 0 Å². The van der Waals surface area contributed by atoms with Crippen LogP contribution in [0.25, 0.3) is 0 Å². The van der Waals surface area contributed by atoms with Crippen LogP contribution >= 0.6 is 0 Å². The van der Waals surface area contributed by atoms with Gasteiger partial charge in [-0.3, -0.25) is 0 Å². The summed E-state index contributed by atoms with van der Waals surface area (Å²) in [6.45, 7) is 5.63. The number of hydrogen-bond donors (Lipinski definition) is 0. The van der Waals surface area contributed by atoms with Gasteiger partial charge in [0.2, 0.25) is 0 Å². The molecule has 2 rings (SSSR count). The lowest BCUT2D eigenvalue weighted by molar-refractivity contribution is 0.268. The summed E-state index contributed by atoms with van der Waals surface area (Å²) in [6.07, 6.45) is 4.04. The molecule has 0 saturated heterocycles. The summed E-state index contributed by atoms with van der Waals surface area (Å²) < 4.78 is 2.05. The van der Waals surface area contributed by atoms with Gasteiger partial charge >= 0.3 is 0 Å². The van der Waals surface area contributed by atoms with Crippen LogP contribution in [0.2, 0.25) is 0 Å². The van der Waals surface area contributed by atoms with Crippen LogP contribution < -0.4 is 0 Å². The first-order chi connectivity index (χ1) is 5.77. The summed E-state index contributed by atoms with van der Waals surface area (Å²) in [6, 6.07) is 0. The zero-order valence-electron chi connectivity index (χ0n) is 7.70. The van der Waals surface area contributed by atoms with Gasteiger partial charge in [-0.05, 0) is 18.3 Å². The van der Waals surface area contributed by atoms with E-state index in [1.165, 1.54) is 6.42 Å². The normalized spacial score (nSPS) is 22.8. The van der Waals surface area contributed by atoms with Crippen molar-refractivity contribution in [2.24, 2.45) is 11.8 Å². The lowest BCUT2D eigenvalue weighted by Crippen LogP contribution is -2.24. The highest BCUT2D eigenvalue weighted by Crippen LogP contribution is 2.23. The van der Waals surface area contributed by atoms with E-state index in [4.69, 9.17) is 0 Å².